The van der Waals surface area contributed by atoms with Crippen LogP contribution in [0.2, 0.25) is 0 Å². The summed E-state index contributed by atoms with van der Waals surface area (Å²) < 4.78 is 0. The van der Waals surface area contributed by atoms with Gasteiger partial charge in [-0.1, -0.05) is 90.5 Å². The average Bonchev–Trinajstić information content (AvgIpc) is 3.00. The standard InChI is InChI=1S/C38H38N2/c1-29-11-9-17-37(27-29)39(33-13-5-3-6-14-33)35-23-19-31(20-24-35)32-21-25-36(26-22-32)40(34-15-7-4-8-16-34)38-18-10-12-30(2)28-38/h3-17,19-20,23-25,27-28,32,38H,18,21-22,26H2,1-2H3. The van der Waals surface area contributed by atoms with Crippen LogP contribution in [0.3, 0.4) is 0 Å². The topological polar surface area (TPSA) is 6.48 Å². The molecule has 0 radical (unpaired) electrons. The number of benzene rings is 4. The average molecular weight is 523 g/mol. The van der Waals surface area contributed by atoms with Crippen molar-refractivity contribution in [1.82, 2.24) is 0 Å². The summed E-state index contributed by atoms with van der Waals surface area (Å²) in [6, 6.07) is 40.0. The van der Waals surface area contributed by atoms with Crippen molar-refractivity contribution in [1.29, 1.82) is 0 Å². The molecule has 2 aliphatic rings. The highest BCUT2D eigenvalue weighted by molar-refractivity contribution is 5.76. The van der Waals surface area contributed by atoms with E-state index in [4.69, 9.17) is 0 Å². The van der Waals surface area contributed by atoms with Gasteiger partial charge in [0.1, 0.15) is 0 Å². The van der Waals surface area contributed by atoms with Gasteiger partial charge in [0.15, 0.2) is 0 Å². The Morgan fingerprint density at radius 2 is 1.32 bits per heavy atom. The predicted octanol–water partition coefficient (Wildman–Crippen LogP) is 10.4. The molecular formula is C38H38N2. The minimum Gasteiger partial charge on any atom is -0.338 e. The van der Waals surface area contributed by atoms with E-state index in [-0.39, 0.29) is 0 Å². The van der Waals surface area contributed by atoms with E-state index in [9.17, 15) is 0 Å². The molecule has 2 unspecified atom stereocenters. The second-order valence-corrected chi connectivity index (χ2v) is 11.1. The highest BCUT2D eigenvalue weighted by Gasteiger charge is 2.25. The molecule has 2 aliphatic carbocycles. The Hall–Kier alpha value is -4.30. The molecule has 0 heterocycles. The second kappa shape index (κ2) is 11.8. The molecule has 0 fully saturated rings. The molecule has 0 amide bonds. The van der Waals surface area contributed by atoms with E-state index in [1.807, 2.05) is 0 Å². The van der Waals surface area contributed by atoms with Crippen molar-refractivity contribution in [3.8, 4) is 0 Å². The predicted molar refractivity (Wildman–Crippen MR) is 171 cm³/mol. The highest BCUT2D eigenvalue weighted by Crippen LogP contribution is 2.39. The van der Waals surface area contributed by atoms with E-state index >= 15 is 0 Å². The van der Waals surface area contributed by atoms with Gasteiger partial charge in [-0.3, -0.25) is 0 Å². The Bertz CT molecular complexity index is 1510. The normalized spacial score (nSPS) is 18.6. The number of hydrogen-bond acceptors (Lipinski definition) is 2. The first-order valence-corrected chi connectivity index (χ1v) is 14.6. The van der Waals surface area contributed by atoms with E-state index in [1.165, 1.54) is 51.6 Å². The zero-order valence-electron chi connectivity index (χ0n) is 23.6. The van der Waals surface area contributed by atoms with Gasteiger partial charge in [0.2, 0.25) is 0 Å². The van der Waals surface area contributed by atoms with Gasteiger partial charge in [0, 0.05) is 28.4 Å². The van der Waals surface area contributed by atoms with E-state index in [2.05, 4.69) is 157 Å². The lowest BCUT2D eigenvalue weighted by Gasteiger charge is -2.37. The van der Waals surface area contributed by atoms with Gasteiger partial charge >= 0.3 is 0 Å². The molecule has 0 aliphatic heterocycles. The van der Waals surface area contributed by atoms with Gasteiger partial charge in [-0.05, 0) is 105 Å². The van der Waals surface area contributed by atoms with Crippen LogP contribution in [-0.4, -0.2) is 6.04 Å². The van der Waals surface area contributed by atoms with Crippen molar-refractivity contribution in [2.75, 3.05) is 9.80 Å². The van der Waals surface area contributed by atoms with E-state index in [1.54, 1.807) is 0 Å². The van der Waals surface area contributed by atoms with Crippen LogP contribution in [0.5, 0.6) is 0 Å². The third-order valence-electron chi connectivity index (χ3n) is 8.17. The summed E-state index contributed by atoms with van der Waals surface area (Å²) in [5.74, 6) is 0.545. The summed E-state index contributed by atoms with van der Waals surface area (Å²) in [5, 5.41) is 0. The molecule has 0 N–H and O–H groups in total. The molecule has 0 saturated heterocycles. The molecule has 2 heteroatoms. The number of rotatable bonds is 7. The Balaban J connectivity index is 1.24. The molecular weight excluding hydrogens is 484 g/mol. The first-order valence-electron chi connectivity index (χ1n) is 14.6. The highest BCUT2D eigenvalue weighted by atomic mass is 15.2. The summed E-state index contributed by atoms with van der Waals surface area (Å²) in [5.41, 5.74) is 10.3. The Labute approximate surface area is 239 Å². The van der Waals surface area contributed by atoms with Gasteiger partial charge in [-0.15, -0.1) is 0 Å². The fraction of sp³-hybridized carbons (Fsp3) is 0.211. The van der Waals surface area contributed by atoms with Crippen molar-refractivity contribution in [2.45, 2.75) is 51.5 Å². The fourth-order valence-electron chi connectivity index (χ4n) is 6.19. The molecule has 0 spiro atoms. The maximum Gasteiger partial charge on any atom is 0.0559 e. The lowest BCUT2D eigenvalue weighted by atomic mass is 9.85. The number of aryl methyl sites for hydroxylation is 1. The lowest BCUT2D eigenvalue weighted by Crippen LogP contribution is -2.35. The third-order valence-corrected chi connectivity index (χ3v) is 8.17. The van der Waals surface area contributed by atoms with Crippen LogP contribution >= 0.6 is 0 Å². The minimum atomic E-state index is 0.375. The molecule has 0 aromatic heterocycles. The molecule has 0 bridgehead atoms. The van der Waals surface area contributed by atoms with E-state index < -0.39 is 0 Å². The smallest absolute Gasteiger partial charge is 0.0559 e. The number of nitrogens with zero attached hydrogens (tertiary/aromatic N) is 2. The molecule has 40 heavy (non-hydrogen) atoms. The van der Waals surface area contributed by atoms with Crippen molar-refractivity contribution in [3.05, 3.63) is 156 Å². The zero-order chi connectivity index (χ0) is 27.3. The summed E-state index contributed by atoms with van der Waals surface area (Å²) in [6.45, 7) is 4.36. The van der Waals surface area contributed by atoms with Gasteiger partial charge in [0.25, 0.3) is 0 Å². The van der Waals surface area contributed by atoms with Gasteiger partial charge in [-0.2, -0.15) is 0 Å². The molecule has 4 aromatic rings. The number of para-hydroxylation sites is 2. The lowest BCUT2D eigenvalue weighted by molar-refractivity contribution is 0.574. The third kappa shape index (κ3) is 5.67. The number of hydrogen-bond donors (Lipinski definition) is 0. The summed E-state index contributed by atoms with van der Waals surface area (Å²) in [7, 11) is 0. The summed E-state index contributed by atoms with van der Waals surface area (Å²) in [4.78, 5) is 4.92. The van der Waals surface area contributed by atoms with Crippen LogP contribution in [0.1, 0.15) is 49.7 Å². The zero-order valence-corrected chi connectivity index (χ0v) is 23.6. The molecule has 6 rings (SSSR count). The Kier molecular flexibility index (Phi) is 7.68. The van der Waals surface area contributed by atoms with Crippen LogP contribution in [0.4, 0.5) is 22.7 Å². The number of anilines is 4. The van der Waals surface area contributed by atoms with Gasteiger partial charge in [-0.25, -0.2) is 0 Å². The monoisotopic (exact) mass is 522 g/mol. The van der Waals surface area contributed by atoms with Gasteiger partial charge < -0.3 is 9.80 Å². The van der Waals surface area contributed by atoms with Crippen LogP contribution in [0.15, 0.2) is 145 Å². The van der Waals surface area contributed by atoms with Crippen LogP contribution in [0.25, 0.3) is 0 Å². The first kappa shape index (κ1) is 26.0. The molecule has 200 valence electrons. The Morgan fingerprint density at radius 1 is 0.650 bits per heavy atom. The van der Waals surface area contributed by atoms with Gasteiger partial charge in [0.05, 0.1) is 6.04 Å². The SMILES string of the molecule is CC1=CC(N(C2=CCC(c3ccc(N(c4ccccc4)c4cccc(C)c4)cc3)CC2)c2ccccc2)CC=C1. The Morgan fingerprint density at radius 3 is 1.98 bits per heavy atom. The minimum absolute atomic E-state index is 0.375. The maximum atomic E-state index is 2.58. The van der Waals surface area contributed by atoms with E-state index in [0.29, 0.717) is 12.0 Å². The molecule has 2 nitrogen and oxygen atoms in total. The van der Waals surface area contributed by atoms with Crippen LogP contribution < -0.4 is 9.80 Å². The van der Waals surface area contributed by atoms with Crippen LogP contribution in [-0.2, 0) is 0 Å². The maximum absolute atomic E-state index is 2.58. The van der Waals surface area contributed by atoms with E-state index in [0.717, 1.165) is 19.3 Å². The summed E-state index contributed by atoms with van der Waals surface area (Å²) in [6.07, 6.45) is 13.9. The van der Waals surface area contributed by atoms with Crippen molar-refractivity contribution in [3.63, 3.8) is 0 Å². The molecule has 4 aromatic carbocycles. The number of allylic oxidation sites excluding steroid dienone is 4. The molecule has 0 saturated carbocycles. The quantitative estimate of drug-likeness (QED) is 0.238. The van der Waals surface area contributed by atoms with Crippen molar-refractivity contribution >= 4 is 22.7 Å². The fourth-order valence-corrected chi connectivity index (χ4v) is 6.19. The molecule has 2 atom stereocenters. The van der Waals surface area contributed by atoms with Crippen LogP contribution in [0, 0.1) is 6.92 Å². The van der Waals surface area contributed by atoms with Crippen molar-refractivity contribution in [2.24, 2.45) is 0 Å². The first-order chi connectivity index (χ1) is 19.7. The second-order valence-electron chi connectivity index (χ2n) is 11.1. The largest absolute Gasteiger partial charge is 0.338 e. The summed E-state index contributed by atoms with van der Waals surface area (Å²) >= 11 is 0. The van der Waals surface area contributed by atoms with Crippen molar-refractivity contribution < 1.29 is 0 Å².